The Labute approximate surface area is 132 Å². The van der Waals surface area contributed by atoms with E-state index in [1.54, 1.807) is 20.8 Å². The van der Waals surface area contributed by atoms with Crippen molar-refractivity contribution in [2.45, 2.75) is 53.5 Å². The van der Waals surface area contributed by atoms with Crippen LogP contribution in [0, 0.1) is 11.3 Å². The number of ether oxygens (including phenoxy) is 1. The van der Waals surface area contributed by atoms with E-state index in [-0.39, 0.29) is 18.2 Å². The molecule has 1 fully saturated rings. The van der Waals surface area contributed by atoms with Gasteiger partial charge in [0.1, 0.15) is 6.04 Å². The van der Waals surface area contributed by atoms with Gasteiger partial charge < -0.3 is 15.0 Å². The molecule has 0 aromatic heterocycles. The third kappa shape index (κ3) is 5.31. The molecule has 1 saturated heterocycles. The van der Waals surface area contributed by atoms with Crippen molar-refractivity contribution in [3.8, 4) is 0 Å². The van der Waals surface area contributed by atoms with Crippen LogP contribution in [0.25, 0.3) is 0 Å². The van der Waals surface area contributed by atoms with Crippen molar-refractivity contribution in [1.82, 2.24) is 10.2 Å². The van der Waals surface area contributed by atoms with E-state index in [1.165, 1.54) is 4.90 Å². The summed E-state index contributed by atoms with van der Waals surface area (Å²) >= 11 is 0. The van der Waals surface area contributed by atoms with Gasteiger partial charge in [-0.2, -0.15) is 0 Å². The van der Waals surface area contributed by atoms with Gasteiger partial charge in [0.05, 0.1) is 13.0 Å². The zero-order valence-corrected chi connectivity index (χ0v) is 14.3. The first kappa shape index (κ1) is 18.5. The molecule has 6 heteroatoms. The standard InChI is InChI=1S/C16H28N2O4/c1-11(2)6-9-22-13(19)10-12-14(20)17-7-8-18(12)15(21)16(3,4)5/h11-12H,6-10H2,1-5H3,(H,17,20). The van der Waals surface area contributed by atoms with Crippen LogP contribution >= 0.6 is 0 Å². The van der Waals surface area contributed by atoms with E-state index in [2.05, 4.69) is 5.32 Å². The molecule has 1 aliphatic heterocycles. The van der Waals surface area contributed by atoms with E-state index in [1.807, 2.05) is 13.8 Å². The van der Waals surface area contributed by atoms with Crippen LogP contribution in [0.3, 0.4) is 0 Å². The van der Waals surface area contributed by atoms with Gasteiger partial charge in [-0.05, 0) is 12.3 Å². The number of hydrogen-bond acceptors (Lipinski definition) is 4. The van der Waals surface area contributed by atoms with Crippen molar-refractivity contribution in [2.75, 3.05) is 19.7 Å². The minimum Gasteiger partial charge on any atom is -0.466 e. The summed E-state index contributed by atoms with van der Waals surface area (Å²) in [6.07, 6.45) is 0.693. The lowest BCUT2D eigenvalue weighted by molar-refractivity contribution is -0.155. The molecule has 0 aromatic rings. The number of nitrogens with one attached hydrogen (secondary N) is 1. The van der Waals surface area contributed by atoms with Crippen molar-refractivity contribution in [3.63, 3.8) is 0 Å². The van der Waals surface area contributed by atoms with Crippen LogP contribution in [0.5, 0.6) is 0 Å². The molecule has 0 aromatic carbocycles. The Morgan fingerprint density at radius 1 is 1.36 bits per heavy atom. The fraction of sp³-hybridized carbons (Fsp3) is 0.812. The second-order valence-electron chi connectivity index (χ2n) is 7.16. The highest BCUT2D eigenvalue weighted by Gasteiger charge is 2.39. The van der Waals surface area contributed by atoms with Crippen LogP contribution < -0.4 is 5.32 Å². The minimum atomic E-state index is -0.771. The van der Waals surface area contributed by atoms with Crippen LogP contribution in [0.2, 0.25) is 0 Å². The van der Waals surface area contributed by atoms with E-state index in [4.69, 9.17) is 4.74 Å². The van der Waals surface area contributed by atoms with Crippen LogP contribution in [0.1, 0.15) is 47.5 Å². The number of rotatable bonds is 5. The monoisotopic (exact) mass is 312 g/mol. The molecular weight excluding hydrogens is 284 g/mol. The topological polar surface area (TPSA) is 75.7 Å². The Morgan fingerprint density at radius 3 is 2.55 bits per heavy atom. The average Bonchev–Trinajstić information content (AvgIpc) is 2.38. The summed E-state index contributed by atoms with van der Waals surface area (Å²) in [4.78, 5) is 37.9. The fourth-order valence-electron chi connectivity index (χ4n) is 2.22. The zero-order valence-electron chi connectivity index (χ0n) is 14.3. The predicted octanol–water partition coefficient (Wildman–Crippen LogP) is 1.34. The van der Waals surface area contributed by atoms with Gasteiger partial charge in [0.15, 0.2) is 0 Å². The molecule has 0 radical (unpaired) electrons. The fourth-order valence-corrected chi connectivity index (χ4v) is 2.22. The van der Waals surface area contributed by atoms with Gasteiger partial charge >= 0.3 is 5.97 Å². The van der Waals surface area contributed by atoms with Crippen LogP contribution in [0.15, 0.2) is 0 Å². The maximum Gasteiger partial charge on any atom is 0.308 e. The highest BCUT2D eigenvalue weighted by atomic mass is 16.5. The first-order valence-corrected chi connectivity index (χ1v) is 7.87. The van der Waals surface area contributed by atoms with E-state index >= 15 is 0 Å². The number of esters is 1. The molecule has 0 spiro atoms. The lowest BCUT2D eigenvalue weighted by atomic mass is 9.93. The molecular formula is C16H28N2O4. The molecule has 1 rings (SSSR count). The Morgan fingerprint density at radius 2 is 2.00 bits per heavy atom. The van der Waals surface area contributed by atoms with Gasteiger partial charge in [-0.1, -0.05) is 34.6 Å². The summed E-state index contributed by atoms with van der Waals surface area (Å²) < 4.78 is 5.16. The van der Waals surface area contributed by atoms with Crippen molar-refractivity contribution in [1.29, 1.82) is 0 Å². The number of carbonyl (C=O) groups excluding carboxylic acids is 3. The molecule has 126 valence electrons. The van der Waals surface area contributed by atoms with E-state index < -0.39 is 17.4 Å². The SMILES string of the molecule is CC(C)CCOC(=O)CC1C(=O)NCCN1C(=O)C(C)(C)C. The summed E-state index contributed by atoms with van der Waals surface area (Å²) in [5.41, 5.74) is -0.586. The third-order valence-corrected chi connectivity index (χ3v) is 3.55. The Kier molecular flexibility index (Phi) is 6.38. The number of carbonyl (C=O) groups is 3. The summed E-state index contributed by atoms with van der Waals surface area (Å²) in [6, 6.07) is -0.771. The van der Waals surface area contributed by atoms with Gasteiger partial charge in [0.25, 0.3) is 0 Å². The normalized spacial score (nSPS) is 19.1. The maximum atomic E-state index is 12.5. The lowest BCUT2D eigenvalue weighted by Gasteiger charge is -2.38. The van der Waals surface area contributed by atoms with Crippen LogP contribution in [0.4, 0.5) is 0 Å². The Balaban J connectivity index is 2.68. The Bertz CT molecular complexity index is 426. The van der Waals surface area contributed by atoms with E-state index in [0.717, 1.165) is 6.42 Å². The van der Waals surface area contributed by atoms with E-state index in [0.29, 0.717) is 25.6 Å². The molecule has 0 bridgehead atoms. The summed E-state index contributed by atoms with van der Waals surface area (Å²) in [7, 11) is 0. The summed E-state index contributed by atoms with van der Waals surface area (Å²) in [5, 5.41) is 2.71. The van der Waals surface area contributed by atoms with Gasteiger partial charge in [0.2, 0.25) is 11.8 Å². The molecule has 2 amide bonds. The molecule has 0 aliphatic carbocycles. The highest BCUT2D eigenvalue weighted by Crippen LogP contribution is 2.21. The van der Waals surface area contributed by atoms with Gasteiger partial charge in [0, 0.05) is 18.5 Å². The first-order valence-electron chi connectivity index (χ1n) is 7.87. The zero-order chi connectivity index (χ0) is 16.9. The molecule has 0 saturated carbocycles. The van der Waals surface area contributed by atoms with Gasteiger partial charge in [-0.3, -0.25) is 14.4 Å². The first-order chi connectivity index (χ1) is 10.1. The quantitative estimate of drug-likeness (QED) is 0.777. The van der Waals surface area contributed by atoms with Gasteiger partial charge in [-0.15, -0.1) is 0 Å². The number of piperazine rings is 1. The maximum absolute atomic E-state index is 12.5. The minimum absolute atomic E-state index is 0.0915. The summed E-state index contributed by atoms with van der Waals surface area (Å²) in [6.45, 7) is 10.7. The highest BCUT2D eigenvalue weighted by molar-refractivity contribution is 5.93. The second-order valence-corrected chi connectivity index (χ2v) is 7.16. The molecule has 6 nitrogen and oxygen atoms in total. The van der Waals surface area contributed by atoms with Gasteiger partial charge in [-0.25, -0.2) is 0 Å². The van der Waals surface area contributed by atoms with Crippen molar-refractivity contribution in [3.05, 3.63) is 0 Å². The average molecular weight is 312 g/mol. The van der Waals surface area contributed by atoms with Crippen molar-refractivity contribution >= 4 is 17.8 Å². The predicted molar refractivity (Wildman–Crippen MR) is 83.0 cm³/mol. The molecule has 1 N–H and O–H groups in total. The summed E-state index contributed by atoms with van der Waals surface area (Å²) in [5.74, 6) is -0.397. The second kappa shape index (κ2) is 7.61. The third-order valence-electron chi connectivity index (χ3n) is 3.55. The smallest absolute Gasteiger partial charge is 0.308 e. The molecule has 1 heterocycles. The Hall–Kier alpha value is -1.59. The largest absolute Gasteiger partial charge is 0.466 e. The number of nitrogens with zero attached hydrogens (tertiary/aromatic N) is 1. The van der Waals surface area contributed by atoms with Crippen molar-refractivity contribution < 1.29 is 19.1 Å². The number of hydrogen-bond donors (Lipinski definition) is 1. The van der Waals surface area contributed by atoms with Crippen molar-refractivity contribution in [2.24, 2.45) is 11.3 Å². The van der Waals surface area contributed by atoms with E-state index in [9.17, 15) is 14.4 Å². The lowest BCUT2D eigenvalue weighted by Crippen LogP contribution is -2.59. The van der Waals surface area contributed by atoms with Crippen LogP contribution in [-0.4, -0.2) is 48.4 Å². The number of amides is 2. The molecule has 1 aliphatic rings. The van der Waals surface area contributed by atoms with Crippen LogP contribution in [-0.2, 0) is 19.1 Å². The molecule has 1 atom stereocenters. The molecule has 1 unspecified atom stereocenters. The molecule has 22 heavy (non-hydrogen) atoms.